The van der Waals surface area contributed by atoms with Gasteiger partial charge in [-0.1, -0.05) is 12.2 Å². The van der Waals surface area contributed by atoms with E-state index in [1.54, 1.807) is 0 Å². The number of halogens is 1. The quantitative estimate of drug-likeness (QED) is 0.449. The fraction of sp³-hybridized carbons (Fsp3) is 0.111. The SMILES string of the molecule is Nc1c(F)cc(C=CCO)cc1[N+](=O)[O-]. The van der Waals surface area contributed by atoms with Crippen LogP contribution in [0.15, 0.2) is 18.2 Å². The van der Waals surface area contributed by atoms with Crippen molar-refractivity contribution in [2.75, 3.05) is 12.3 Å². The number of nitrogens with zero attached hydrogens (tertiary/aromatic N) is 1. The van der Waals surface area contributed by atoms with Gasteiger partial charge in [-0.05, 0) is 11.6 Å². The number of nitrogen functional groups attached to an aromatic ring is 1. The Morgan fingerprint density at radius 3 is 2.80 bits per heavy atom. The smallest absolute Gasteiger partial charge is 0.295 e. The molecule has 0 amide bonds. The number of anilines is 1. The van der Waals surface area contributed by atoms with Gasteiger partial charge in [-0.25, -0.2) is 4.39 Å². The molecule has 80 valence electrons. The van der Waals surface area contributed by atoms with Gasteiger partial charge in [-0.2, -0.15) is 0 Å². The maximum absolute atomic E-state index is 13.1. The number of hydrogen-bond acceptors (Lipinski definition) is 4. The van der Waals surface area contributed by atoms with Gasteiger partial charge in [-0.15, -0.1) is 0 Å². The van der Waals surface area contributed by atoms with Crippen LogP contribution >= 0.6 is 0 Å². The third kappa shape index (κ3) is 2.50. The molecule has 0 saturated heterocycles. The first kappa shape index (κ1) is 11.1. The lowest BCUT2D eigenvalue weighted by atomic mass is 10.1. The van der Waals surface area contributed by atoms with Crippen LogP contribution in [0.3, 0.4) is 0 Å². The molecule has 1 rings (SSSR count). The summed E-state index contributed by atoms with van der Waals surface area (Å²) in [7, 11) is 0. The van der Waals surface area contributed by atoms with Gasteiger partial charge in [0.15, 0.2) is 5.82 Å². The summed E-state index contributed by atoms with van der Waals surface area (Å²) in [5.41, 5.74) is 4.51. The molecule has 0 unspecified atom stereocenters. The second kappa shape index (κ2) is 4.52. The van der Waals surface area contributed by atoms with Gasteiger partial charge >= 0.3 is 0 Å². The summed E-state index contributed by atoms with van der Waals surface area (Å²) in [5, 5.41) is 19.0. The van der Waals surface area contributed by atoms with Crippen molar-refractivity contribution in [1.29, 1.82) is 0 Å². The van der Waals surface area contributed by atoms with Crippen molar-refractivity contribution in [3.05, 3.63) is 39.7 Å². The summed E-state index contributed by atoms with van der Waals surface area (Å²) in [6, 6.07) is 2.21. The van der Waals surface area contributed by atoms with Crippen LogP contribution in [-0.2, 0) is 0 Å². The van der Waals surface area contributed by atoms with Gasteiger partial charge in [0.25, 0.3) is 5.69 Å². The number of nitrogens with two attached hydrogens (primary N) is 1. The van der Waals surface area contributed by atoms with E-state index in [1.807, 2.05) is 0 Å². The van der Waals surface area contributed by atoms with E-state index in [0.717, 1.165) is 12.1 Å². The topological polar surface area (TPSA) is 89.4 Å². The normalized spacial score (nSPS) is 10.8. The third-order valence-electron chi connectivity index (χ3n) is 1.74. The molecule has 0 heterocycles. The molecule has 3 N–H and O–H groups in total. The van der Waals surface area contributed by atoms with Crippen LogP contribution in [0.4, 0.5) is 15.8 Å². The maximum atomic E-state index is 13.1. The van der Waals surface area contributed by atoms with Gasteiger partial charge < -0.3 is 10.8 Å². The number of hydrogen-bond donors (Lipinski definition) is 2. The van der Waals surface area contributed by atoms with E-state index >= 15 is 0 Å². The van der Waals surface area contributed by atoms with Crippen molar-refractivity contribution in [1.82, 2.24) is 0 Å². The second-order valence-electron chi connectivity index (χ2n) is 2.78. The highest BCUT2D eigenvalue weighted by atomic mass is 19.1. The zero-order valence-corrected chi connectivity index (χ0v) is 7.68. The highest BCUT2D eigenvalue weighted by molar-refractivity contribution is 5.65. The Morgan fingerprint density at radius 1 is 1.60 bits per heavy atom. The average molecular weight is 212 g/mol. The van der Waals surface area contributed by atoms with E-state index in [-0.39, 0.29) is 12.2 Å². The minimum Gasteiger partial charge on any atom is -0.392 e. The molecule has 1 aromatic rings. The Labute approximate surface area is 84.8 Å². The monoisotopic (exact) mass is 212 g/mol. The molecule has 0 saturated carbocycles. The minimum absolute atomic E-state index is 0.222. The Kier molecular flexibility index (Phi) is 3.35. The molecule has 5 nitrogen and oxygen atoms in total. The van der Waals surface area contributed by atoms with E-state index in [0.29, 0.717) is 0 Å². The van der Waals surface area contributed by atoms with Gasteiger partial charge in [0, 0.05) is 6.07 Å². The van der Waals surface area contributed by atoms with Gasteiger partial charge in [0.05, 0.1) is 11.5 Å². The van der Waals surface area contributed by atoms with Crippen LogP contribution in [0, 0.1) is 15.9 Å². The van der Waals surface area contributed by atoms with Crippen molar-refractivity contribution < 1.29 is 14.4 Å². The first-order chi connectivity index (χ1) is 7.06. The third-order valence-corrected chi connectivity index (χ3v) is 1.74. The van der Waals surface area contributed by atoms with E-state index in [1.165, 1.54) is 12.2 Å². The summed E-state index contributed by atoms with van der Waals surface area (Å²) < 4.78 is 13.1. The minimum atomic E-state index is -0.846. The number of nitro benzene ring substituents is 1. The van der Waals surface area contributed by atoms with Gasteiger partial charge in [-0.3, -0.25) is 10.1 Å². The fourth-order valence-corrected chi connectivity index (χ4v) is 1.06. The lowest BCUT2D eigenvalue weighted by Crippen LogP contribution is -1.99. The summed E-state index contributed by atoms with van der Waals surface area (Å²) in [5.74, 6) is -0.846. The van der Waals surface area contributed by atoms with Crippen LogP contribution in [-0.4, -0.2) is 16.6 Å². The van der Waals surface area contributed by atoms with Crippen LogP contribution in [0.25, 0.3) is 6.08 Å². The van der Waals surface area contributed by atoms with Crippen LogP contribution in [0.1, 0.15) is 5.56 Å². The molecule has 6 heteroatoms. The molecule has 0 aromatic heterocycles. The summed E-state index contributed by atoms with van der Waals surface area (Å²) >= 11 is 0. The number of aliphatic hydroxyl groups is 1. The number of nitro groups is 1. The number of rotatable bonds is 3. The molecule has 15 heavy (non-hydrogen) atoms. The highest BCUT2D eigenvalue weighted by Gasteiger charge is 2.16. The molecular weight excluding hydrogens is 203 g/mol. The van der Waals surface area contributed by atoms with Gasteiger partial charge in [0.2, 0.25) is 0 Å². The molecule has 0 aliphatic carbocycles. The average Bonchev–Trinajstić information content (AvgIpc) is 2.19. The lowest BCUT2D eigenvalue weighted by molar-refractivity contribution is -0.384. The summed E-state index contributed by atoms with van der Waals surface area (Å²) in [6.07, 6.45) is 2.71. The largest absolute Gasteiger partial charge is 0.392 e. The Morgan fingerprint density at radius 2 is 2.27 bits per heavy atom. The second-order valence-corrected chi connectivity index (χ2v) is 2.78. The van der Waals surface area contributed by atoms with Crippen molar-refractivity contribution in [3.8, 4) is 0 Å². The molecule has 0 atom stereocenters. The highest BCUT2D eigenvalue weighted by Crippen LogP contribution is 2.26. The van der Waals surface area contributed by atoms with Crippen molar-refractivity contribution >= 4 is 17.5 Å². The van der Waals surface area contributed by atoms with Gasteiger partial charge in [0.1, 0.15) is 5.69 Å². The van der Waals surface area contributed by atoms with E-state index in [4.69, 9.17) is 10.8 Å². The molecule has 0 bridgehead atoms. The number of aliphatic hydroxyl groups excluding tert-OH is 1. The Balaban J connectivity index is 3.23. The van der Waals surface area contributed by atoms with Crippen LogP contribution in [0.2, 0.25) is 0 Å². The maximum Gasteiger partial charge on any atom is 0.295 e. The first-order valence-corrected chi connectivity index (χ1v) is 4.07. The molecule has 0 aliphatic heterocycles. The van der Waals surface area contributed by atoms with E-state index in [2.05, 4.69) is 0 Å². The fourth-order valence-electron chi connectivity index (χ4n) is 1.06. The predicted octanol–water partition coefficient (Wildman–Crippen LogP) is 1.32. The zero-order valence-electron chi connectivity index (χ0n) is 7.68. The lowest BCUT2D eigenvalue weighted by Gasteiger charge is -2.00. The summed E-state index contributed by atoms with van der Waals surface area (Å²) in [4.78, 5) is 9.73. The van der Waals surface area contributed by atoms with Crippen molar-refractivity contribution in [3.63, 3.8) is 0 Å². The Hall–Kier alpha value is -1.95. The standard InChI is InChI=1S/C9H9FN2O3/c10-7-4-6(2-1-3-13)5-8(9(7)11)12(14)15/h1-2,4-5,13H,3,11H2. The molecule has 0 spiro atoms. The summed E-state index contributed by atoms with van der Waals surface area (Å²) in [6.45, 7) is -0.222. The van der Waals surface area contributed by atoms with Crippen LogP contribution in [0.5, 0.6) is 0 Å². The predicted molar refractivity (Wildman–Crippen MR) is 53.6 cm³/mol. The Bertz CT molecular complexity index is 418. The van der Waals surface area contributed by atoms with Crippen molar-refractivity contribution in [2.45, 2.75) is 0 Å². The molecule has 0 fully saturated rings. The first-order valence-electron chi connectivity index (χ1n) is 4.07. The molecule has 0 aliphatic rings. The zero-order chi connectivity index (χ0) is 11.4. The van der Waals surface area contributed by atoms with E-state index < -0.39 is 22.1 Å². The number of benzene rings is 1. The molecule has 0 radical (unpaired) electrons. The van der Waals surface area contributed by atoms with Crippen molar-refractivity contribution in [2.24, 2.45) is 0 Å². The molecule has 1 aromatic carbocycles. The molecular formula is C9H9FN2O3. The van der Waals surface area contributed by atoms with E-state index in [9.17, 15) is 14.5 Å². The van der Waals surface area contributed by atoms with Crippen LogP contribution < -0.4 is 5.73 Å².